The van der Waals surface area contributed by atoms with E-state index >= 15 is 0 Å². The number of carbonyl (C=O) groups is 2. The number of hydrogen-bond acceptors (Lipinski definition) is 5. The Bertz CT molecular complexity index is 1140. The summed E-state index contributed by atoms with van der Waals surface area (Å²) >= 11 is 0. The standard InChI is InChI=1S/C23H18N2O5/c1-2-29-19-5-3-4-18(13-19)25-22(26)17(14-24)12-20-10-11-21(30-20)15-6-8-16(9-7-15)23(27)28/h3-13H,2H2,1H3,(H,25,26)(H,27,28)/b17-12-. The Morgan fingerprint density at radius 1 is 1.17 bits per heavy atom. The van der Waals surface area contributed by atoms with Gasteiger partial charge in [-0.2, -0.15) is 5.26 Å². The van der Waals surface area contributed by atoms with E-state index in [0.717, 1.165) is 0 Å². The third kappa shape index (κ3) is 4.94. The van der Waals surface area contributed by atoms with Crippen LogP contribution in [0.15, 0.2) is 70.7 Å². The molecule has 7 nitrogen and oxygen atoms in total. The van der Waals surface area contributed by atoms with Crippen LogP contribution < -0.4 is 10.1 Å². The number of nitrogens with one attached hydrogen (secondary N) is 1. The second kappa shape index (κ2) is 9.26. The summed E-state index contributed by atoms with van der Waals surface area (Å²) in [7, 11) is 0. The molecule has 1 heterocycles. The molecule has 0 saturated carbocycles. The van der Waals surface area contributed by atoms with Crippen LogP contribution >= 0.6 is 0 Å². The van der Waals surface area contributed by atoms with Crippen molar-refractivity contribution in [3.63, 3.8) is 0 Å². The maximum Gasteiger partial charge on any atom is 0.335 e. The highest BCUT2D eigenvalue weighted by Gasteiger charge is 2.12. The number of carbonyl (C=O) groups excluding carboxylic acids is 1. The maximum absolute atomic E-state index is 12.5. The summed E-state index contributed by atoms with van der Waals surface area (Å²) in [5.41, 5.74) is 1.22. The van der Waals surface area contributed by atoms with Crippen LogP contribution in [-0.2, 0) is 4.79 Å². The number of furan rings is 1. The summed E-state index contributed by atoms with van der Waals surface area (Å²) in [6.45, 7) is 2.36. The Morgan fingerprint density at radius 2 is 1.93 bits per heavy atom. The molecule has 0 bridgehead atoms. The molecule has 2 N–H and O–H groups in total. The number of benzene rings is 2. The van der Waals surface area contributed by atoms with Crippen molar-refractivity contribution in [2.75, 3.05) is 11.9 Å². The van der Waals surface area contributed by atoms with E-state index < -0.39 is 11.9 Å². The molecule has 0 radical (unpaired) electrons. The normalized spacial score (nSPS) is 10.9. The Kier molecular flexibility index (Phi) is 6.30. The van der Waals surface area contributed by atoms with Crippen molar-refractivity contribution < 1.29 is 23.8 Å². The lowest BCUT2D eigenvalue weighted by atomic mass is 10.1. The summed E-state index contributed by atoms with van der Waals surface area (Å²) in [5.74, 6) is -0.166. The first kappa shape index (κ1) is 20.4. The molecule has 0 fully saturated rings. The van der Waals surface area contributed by atoms with Gasteiger partial charge in [0.05, 0.1) is 12.2 Å². The van der Waals surface area contributed by atoms with Crippen LogP contribution in [0.3, 0.4) is 0 Å². The molecule has 2 aromatic carbocycles. The van der Waals surface area contributed by atoms with Crippen molar-refractivity contribution in [3.05, 3.63) is 77.6 Å². The Morgan fingerprint density at radius 3 is 2.60 bits per heavy atom. The molecule has 150 valence electrons. The Labute approximate surface area is 172 Å². The molecule has 1 amide bonds. The van der Waals surface area contributed by atoms with Gasteiger partial charge < -0.3 is 19.6 Å². The number of amides is 1. The molecule has 0 aliphatic rings. The van der Waals surface area contributed by atoms with Gasteiger partial charge in [-0.1, -0.05) is 18.2 Å². The Balaban J connectivity index is 1.76. The quantitative estimate of drug-likeness (QED) is 0.441. The first-order valence-corrected chi connectivity index (χ1v) is 9.09. The van der Waals surface area contributed by atoms with Crippen molar-refractivity contribution in [2.45, 2.75) is 6.92 Å². The van der Waals surface area contributed by atoms with E-state index in [1.54, 1.807) is 48.5 Å². The predicted molar refractivity (Wildman–Crippen MR) is 111 cm³/mol. The first-order valence-electron chi connectivity index (χ1n) is 9.09. The minimum atomic E-state index is -1.01. The molecule has 0 aliphatic carbocycles. The van der Waals surface area contributed by atoms with Crippen molar-refractivity contribution in [1.82, 2.24) is 0 Å². The fourth-order valence-corrected chi connectivity index (χ4v) is 2.68. The van der Waals surface area contributed by atoms with Crippen LogP contribution in [0.1, 0.15) is 23.0 Å². The highest BCUT2D eigenvalue weighted by Crippen LogP contribution is 2.24. The van der Waals surface area contributed by atoms with Gasteiger partial charge in [-0.15, -0.1) is 0 Å². The topological polar surface area (TPSA) is 113 Å². The monoisotopic (exact) mass is 402 g/mol. The zero-order valence-electron chi connectivity index (χ0n) is 16.1. The van der Waals surface area contributed by atoms with E-state index in [9.17, 15) is 14.9 Å². The molecule has 3 rings (SSSR count). The van der Waals surface area contributed by atoms with Crippen LogP contribution in [0.25, 0.3) is 17.4 Å². The highest BCUT2D eigenvalue weighted by atomic mass is 16.5. The summed E-state index contributed by atoms with van der Waals surface area (Å²) in [5, 5.41) is 21.0. The number of nitriles is 1. The van der Waals surface area contributed by atoms with Crippen LogP contribution in [0, 0.1) is 11.3 Å². The lowest BCUT2D eigenvalue weighted by molar-refractivity contribution is -0.112. The van der Waals surface area contributed by atoms with Gasteiger partial charge in [-0.25, -0.2) is 4.79 Å². The number of anilines is 1. The zero-order chi connectivity index (χ0) is 21.5. The molecule has 0 spiro atoms. The molecule has 30 heavy (non-hydrogen) atoms. The number of rotatable bonds is 7. The average molecular weight is 402 g/mol. The second-order valence-corrected chi connectivity index (χ2v) is 6.17. The number of nitrogens with zero attached hydrogens (tertiary/aromatic N) is 1. The molecule has 0 unspecified atom stereocenters. The second-order valence-electron chi connectivity index (χ2n) is 6.17. The summed E-state index contributed by atoms with van der Waals surface area (Å²) in [6.07, 6.45) is 1.34. The third-order valence-electron chi connectivity index (χ3n) is 4.10. The number of carboxylic acids is 1. The SMILES string of the molecule is CCOc1cccc(NC(=O)/C(C#N)=C\c2ccc(-c3ccc(C(=O)O)cc3)o2)c1. The van der Waals surface area contributed by atoms with E-state index in [0.29, 0.717) is 35.1 Å². The number of aromatic carboxylic acids is 1. The van der Waals surface area contributed by atoms with Gasteiger partial charge in [-0.3, -0.25) is 4.79 Å². The molecular weight excluding hydrogens is 384 g/mol. The van der Waals surface area contributed by atoms with E-state index in [1.807, 2.05) is 13.0 Å². The molecule has 0 atom stereocenters. The van der Waals surface area contributed by atoms with E-state index in [2.05, 4.69) is 5.32 Å². The van der Waals surface area contributed by atoms with Crippen molar-refractivity contribution in [3.8, 4) is 23.1 Å². The molecule has 0 aliphatic heterocycles. The first-order chi connectivity index (χ1) is 14.5. The van der Waals surface area contributed by atoms with Crippen LogP contribution in [0.2, 0.25) is 0 Å². The Hall–Kier alpha value is -4.31. The largest absolute Gasteiger partial charge is 0.494 e. The molecule has 3 aromatic rings. The van der Waals surface area contributed by atoms with Gasteiger partial charge in [0, 0.05) is 23.4 Å². The van der Waals surface area contributed by atoms with Gasteiger partial charge in [0.2, 0.25) is 0 Å². The van der Waals surface area contributed by atoms with Crippen LogP contribution in [0.4, 0.5) is 5.69 Å². The summed E-state index contributed by atoms with van der Waals surface area (Å²) in [6, 6.07) is 18.2. The van der Waals surface area contributed by atoms with Gasteiger partial charge in [0.15, 0.2) is 0 Å². The highest BCUT2D eigenvalue weighted by molar-refractivity contribution is 6.09. The van der Waals surface area contributed by atoms with Crippen molar-refractivity contribution >= 4 is 23.6 Å². The smallest absolute Gasteiger partial charge is 0.335 e. The fourth-order valence-electron chi connectivity index (χ4n) is 2.68. The van der Waals surface area contributed by atoms with Crippen LogP contribution in [-0.4, -0.2) is 23.6 Å². The van der Waals surface area contributed by atoms with Gasteiger partial charge in [0.25, 0.3) is 5.91 Å². The molecule has 7 heteroatoms. The van der Waals surface area contributed by atoms with Crippen molar-refractivity contribution in [1.29, 1.82) is 5.26 Å². The molecular formula is C23H18N2O5. The van der Waals surface area contributed by atoms with E-state index in [-0.39, 0.29) is 11.1 Å². The minimum absolute atomic E-state index is 0.126. The summed E-state index contributed by atoms with van der Waals surface area (Å²) < 4.78 is 11.1. The predicted octanol–water partition coefficient (Wildman–Crippen LogP) is 4.59. The molecule has 0 saturated heterocycles. The number of hydrogen-bond donors (Lipinski definition) is 2. The lowest BCUT2D eigenvalue weighted by Crippen LogP contribution is -2.13. The molecule has 1 aromatic heterocycles. The maximum atomic E-state index is 12.5. The van der Waals surface area contributed by atoms with E-state index in [1.165, 1.54) is 18.2 Å². The van der Waals surface area contributed by atoms with Gasteiger partial charge in [-0.05, 0) is 43.3 Å². The van der Waals surface area contributed by atoms with Crippen LogP contribution in [0.5, 0.6) is 5.75 Å². The zero-order valence-corrected chi connectivity index (χ0v) is 16.1. The fraction of sp³-hybridized carbons (Fsp3) is 0.0870. The lowest BCUT2D eigenvalue weighted by Gasteiger charge is -2.07. The van der Waals surface area contributed by atoms with Crippen molar-refractivity contribution in [2.24, 2.45) is 0 Å². The average Bonchev–Trinajstić information content (AvgIpc) is 3.21. The van der Waals surface area contributed by atoms with E-state index in [4.69, 9.17) is 14.3 Å². The third-order valence-corrected chi connectivity index (χ3v) is 4.10. The minimum Gasteiger partial charge on any atom is -0.494 e. The van der Waals surface area contributed by atoms with Gasteiger partial charge >= 0.3 is 5.97 Å². The summed E-state index contributed by atoms with van der Waals surface area (Å²) in [4.78, 5) is 23.4. The number of ether oxygens (including phenoxy) is 1. The van der Waals surface area contributed by atoms with Gasteiger partial charge in [0.1, 0.15) is 28.9 Å². The number of carboxylic acid groups (broad SMARTS) is 1.